The first-order valence-electron chi connectivity index (χ1n) is 7.92. The fourth-order valence-electron chi connectivity index (χ4n) is 2.41. The van der Waals surface area contributed by atoms with Crippen LogP contribution in [0.15, 0.2) is 36.4 Å². The van der Waals surface area contributed by atoms with Gasteiger partial charge in [-0.05, 0) is 23.8 Å². The summed E-state index contributed by atoms with van der Waals surface area (Å²) in [5, 5.41) is 0.774. The molecular weight excluding hydrogens is 405 g/mol. The van der Waals surface area contributed by atoms with Crippen LogP contribution in [0.1, 0.15) is 18.6 Å². The van der Waals surface area contributed by atoms with Crippen molar-refractivity contribution in [3.8, 4) is 5.75 Å². The van der Waals surface area contributed by atoms with Gasteiger partial charge in [0.2, 0.25) is 0 Å². The van der Waals surface area contributed by atoms with Gasteiger partial charge in [0.25, 0.3) is 0 Å². The van der Waals surface area contributed by atoms with Crippen molar-refractivity contribution in [3.05, 3.63) is 42.0 Å². The summed E-state index contributed by atoms with van der Waals surface area (Å²) < 4.78 is 80.7. The van der Waals surface area contributed by atoms with Gasteiger partial charge in [-0.25, -0.2) is 4.79 Å². The second-order valence-corrected chi connectivity index (χ2v) is 6.92. The molecule has 0 N–H and O–H groups in total. The largest absolute Gasteiger partial charge is 0.534 e. The van der Waals surface area contributed by atoms with E-state index in [1.807, 2.05) is 0 Å². The normalized spacial score (nSPS) is 13.3. The molecule has 0 fully saturated rings. The van der Waals surface area contributed by atoms with Crippen LogP contribution in [0, 0.1) is 0 Å². The Morgan fingerprint density at radius 1 is 1.14 bits per heavy atom. The minimum atomic E-state index is -5.97. The Bertz CT molecular complexity index is 941. The lowest BCUT2D eigenvalue weighted by Gasteiger charge is -2.21. The Hall–Kier alpha value is -2.37. The number of halogens is 3. The van der Waals surface area contributed by atoms with Crippen LogP contribution >= 0.6 is 0 Å². The number of hydrogen-bond acceptors (Lipinski definition) is 7. The Labute approximate surface area is 159 Å². The van der Waals surface area contributed by atoms with E-state index in [0.29, 0.717) is 5.39 Å². The molecule has 1 atom stereocenters. The first-order chi connectivity index (χ1) is 13.1. The number of esters is 1. The lowest BCUT2D eigenvalue weighted by Crippen LogP contribution is -2.29. The van der Waals surface area contributed by atoms with Crippen LogP contribution in [0.25, 0.3) is 10.8 Å². The molecule has 0 aliphatic heterocycles. The van der Waals surface area contributed by atoms with Crippen LogP contribution in [0.5, 0.6) is 5.75 Å². The van der Waals surface area contributed by atoms with Gasteiger partial charge in [-0.1, -0.05) is 30.3 Å². The van der Waals surface area contributed by atoms with Gasteiger partial charge in [-0.2, -0.15) is 21.6 Å². The number of benzene rings is 2. The molecule has 7 nitrogen and oxygen atoms in total. The third-order valence-electron chi connectivity index (χ3n) is 3.53. The molecule has 154 valence electrons. The molecule has 0 bridgehead atoms. The van der Waals surface area contributed by atoms with Gasteiger partial charge in [0.1, 0.15) is 12.5 Å². The zero-order valence-corrected chi connectivity index (χ0v) is 15.7. The number of rotatable bonds is 8. The zero-order valence-electron chi connectivity index (χ0n) is 14.9. The van der Waals surface area contributed by atoms with Crippen LogP contribution in [-0.2, 0) is 29.1 Å². The number of alkyl halides is 3. The Balaban J connectivity index is 2.69. The van der Waals surface area contributed by atoms with Crippen LogP contribution in [0.3, 0.4) is 0 Å². The minimum absolute atomic E-state index is 0.0342. The molecule has 1 unspecified atom stereocenters. The molecule has 0 amide bonds. The third-order valence-corrected chi connectivity index (χ3v) is 4.49. The molecule has 28 heavy (non-hydrogen) atoms. The van der Waals surface area contributed by atoms with Crippen molar-refractivity contribution in [1.29, 1.82) is 0 Å². The van der Waals surface area contributed by atoms with Crippen molar-refractivity contribution in [2.45, 2.75) is 18.5 Å². The van der Waals surface area contributed by atoms with E-state index in [-0.39, 0.29) is 17.6 Å². The van der Waals surface area contributed by atoms with Crippen molar-refractivity contribution in [3.63, 3.8) is 0 Å². The van der Waals surface area contributed by atoms with Crippen LogP contribution in [0.4, 0.5) is 13.2 Å². The molecule has 0 saturated heterocycles. The van der Waals surface area contributed by atoms with Gasteiger partial charge in [-0.3, -0.25) is 0 Å². The maximum absolute atomic E-state index is 12.8. The molecule has 2 aromatic rings. The van der Waals surface area contributed by atoms with E-state index in [9.17, 15) is 26.4 Å². The second kappa shape index (κ2) is 8.76. The smallest absolute Gasteiger partial charge is 0.464 e. The summed E-state index contributed by atoms with van der Waals surface area (Å²) >= 11 is 0. The van der Waals surface area contributed by atoms with E-state index < -0.39 is 40.2 Å². The molecule has 0 aliphatic carbocycles. The van der Waals surface area contributed by atoms with E-state index in [0.717, 1.165) is 6.07 Å². The Morgan fingerprint density at radius 2 is 1.82 bits per heavy atom. The molecule has 0 saturated carbocycles. The first-order valence-corrected chi connectivity index (χ1v) is 9.32. The van der Waals surface area contributed by atoms with Gasteiger partial charge in [0.05, 0.1) is 6.61 Å². The number of carbonyl (C=O) groups excluding carboxylic acids is 1. The summed E-state index contributed by atoms with van der Waals surface area (Å²) in [6.45, 7) is 1.09. The summed E-state index contributed by atoms with van der Waals surface area (Å²) in [6.07, 6.45) is -1.58. The quantitative estimate of drug-likeness (QED) is 0.279. The monoisotopic (exact) mass is 422 g/mol. The van der Waals surface area contributed by atoms with Crippen LogP contribution in [0.2, 0.25) is 0 Å². The van der Waals surface area contributed by atoms with Crippen molar-refractivity contribution in [2.24, 2.45) is 0 Å². The average Bonchev–Trinajstić information content (AvgIpc) is 2.62. The Morgan fingerprint density at radius 3 is 2.43 bits per heavy atom. The molecular formula is C17H17F3O7S. The van der Waals surface area contributed by atoms with Crippen molar-refractivity contribution < 1.29 is 44.8 Å². The third kappa shape index (κ3) is 4.72. The predicted octanol–water partition coefficient (Wildman–Crippen LogP) is 3.29. The van der Waals surface area contributed by atoms with E-state index in [4.69, 9.17) is 14.2 Å². The van der Waals surface area contributed by atoms with E-state index in [2.05, 4.69) is 4.18 Å². The highest BCUT2D eigenvalue weighted by Crippen LogP contribution is 2.38. The van der Waals surface area contributed by atoms with Gasteiger partial charge in [0, 0.05) is 12.7 Å². The van der Waals surface area contributed by atoms with E-state index in [1.54, 1.807) is 18.2 Å². The highest BCUT2D eigenvalue weighted by atomic mass is 32.2. The molecule has 11 heteroatoms. The second-order valence-electron chi connectivity index (χ2n) is 5.39. The van der Waals surface area contributed by atoms with Gasteiger partial charge in [0.15, 0.2) is 6.10 Å². The maximum Gasteiger partial charge on any atom is 0.534 e. The predicted molar refractivity (Wildman–Crippen MR) is 91.9 cm³/mol. The van der Waals surface area contributed by atoms with E-state index >= 15 is 0 Å². The highest BCUT2D eigenvalue weighted by molar-refractivity contribution is 7.88. The summed E-state index contributed by atoms with van der Waals surface area (Å²) in [5.74, 6) is -1.64. The number of methoxy groups -OCH3 is 1. The fourth-order valence-corrected chi connectivity index (χ4v) is 2.88. The SMILES string of the molecule is CCOC(=O)C(OCOC)c1c(OS(=O)(=O)C(F)(F)F)ccc2ccccc12. The summed E-state index contributed by atoms with van der Waals surface area (Å²) in [5.41, 5.74) is -5.87. The van der Waals surface area contributed by atoms with Crippen LogP contribution in [-0.4, -0.2) is 40.4 Å². The molecule has 2 aromatic carbocycles. The molecule has 0 radical (unpaired) electrons. The van der Waals surface area contributed by atoms with Crippen molar-refractivity contribution in [2.75, 3.05) is 20.5 Å². The highest BCUT2D eigenvalue weighted by Gasteiger charge is 2.49. The molecule has 0 aromatic heterocycles. The fraction of sp³-hybridized carbons (Fsp3) is 0.353. The standard InChI is InChI=1S/C17H17F3O7S/c1-3-25-16(21)15(26-10-24-2)14-12-7-5-4-6-11(12)8-9-13(14)27-28(22,23)17(18,19)20/h4-9,15H,3,10H2,1-2H3. The lowest BCUT2D eigenvalue weighted by molar-refractivity contribution is -0.165. The minimum Gasteiger partial charge on any atom is -0.464 e. The average molecular weight is 422 g/mol. The molecule has 0 spiro atoms. The van der Waals surface area contributed by atoms with Gasteiger partial charge < -0.3 is 18.4 Å². The van der Waals surface area contributed by atoms with Gasteiger partial charge >= 0.3 is 21.6 Å². The van der Waals surface area contributed by atoms with Crippen LogP contribution < -0.4 is 4.18 Å². The lowest BCUT2D eigenvalue weighted by atomic mass is 9.99. The summed E-state index contributed by atoms with van der Waals surface area (Å²) in [6, 6.07) is 8.71. The van der Waals surface area contributed by atoms with Crippen molar-refractivity contribution >= 4 is 26.9 Å². The first kappa shape index (κ1) is 21.9. The maximum atomic E-state index is 12.8. The van der Waals surface area contributed by atoms with E-state index in [1.165, 1.54) is 26.2 Å². The Kier molecular flexibility index (Phi) is 6.86. The zero-order chi connectivity index (χ0) is 20.9. The molecule has 0 aliphatic rings. The number of ether oxygens (including phenoxy) is 3. The molecule has 0 heterocycles. The summed E-state index contributed by atoms with van der Waals surface area (Å²) in [4.78, 5) is 12.4. The molecule has 2 rings (SSSR count). The summed E-state index contributed by atoms with van der Waals surface area (Å²) in [7, 11) is -4.70. The van der Waals surface area contributed by atoms with Gasteiger partial charge in [-0.15, -0.1) is 0 Å². The number of carbonyl (C=O) groups is 1. The number of fused-ring (bicyclic) bond motifs is 1. The van der Waals surface area contributed by atoms with Crippen molar-refractivity contribution in [1.82, 2.24) is 0 Å². The number of hydrogen-bond donors (Lipinski definition) is 0. The topological polar surface area (TPSA) is 88.1 Å².